The lowest BCUT2D eigenvalue weighted by molar-refractivity contribution is -0.189. The first-order valence-electron chi connectivity index (χ1n) is 12.7. The summed E-state index contributed by atoms with van der Waals surface area (Å²) in [4.78, 5) is 20.1. The maximum Gasteiger partial charge on any atom is 0.425 e. The number of Topliss-reactive ketones (excluding diaryl/α,β-unsaturated/α-hetero) is 1. The van der Waals surface area contributed by atoms with Crippen LogP contribution in [-0.4, -0.2) is 64.0 Å². The van der Waals surface area contributed by atoms with Gasteiger partial charge in [0.2, 0.25) is 0 Å². The lowest BCUT2D eigenvalue weighted by Crippen LogP contribution is -2.31. The van der Waals surface area contributed by atoms with Crippen molar-refractivity contribution in [2.24, 2.45) is 18.9 Å². The quantitative estimate of drug-likeness (QED) is 0.440. The SMILES string of the molecule is CC(Oc1nc2c(s1)CCN(CCC1CCC(CC(=O)COc3cnn(C)c3)CC1)CC2)C(F)(F)F. The molecule has 0 saturated heterocycles. The molecular formula is C25H35F3N4O3S. The van der Waals surface area contributed by atoms with Gasteiger partial charge in [-0.15, -0.1) is 0 Å². The number of aromatic nitrogens is 3. The molecule has 1 fully saturated rings. The van der Waals surface area contributed by atoms with E-state index in [0.717, 1.165) is 82.1 Å². The Labute approximate surface area is 214 Å². The molecular weight excluding hydrogens is 493 g/mol. The van der Waals surface area contributed by atoms with Gasteiger partial charge in [0, 0.05) is 37.9 Å². The molecule has 1 saturated carbocycles. The maximum atomic E-state index is 12.8. The Morgan fingerprint density at radius 1 is 1.19 bits per heavy atom. The van der Waals surface area contributed by atoms with Gasteiger partial charge in [0.05, 0.1) is 18.1 Å². The molecule has 7 nitrogen and oxygen atoms in total. The van der Waals surface area contributed by atoms with Gasteiger partial charge in [-0.3, -0.25) is 9.48 Å². The molecule has 200 valence electrons. The molecule has 1 aliphatic carbocycles. The fourth-order valence-corrected chi connectivity index (χ4v) is 6.00. The normalized spacial score (nSPS) is 22.0. The predicted octanol–water partition coefficient (Wildman–Crippen LogP) is 4.84. The van der Waals surface area contributed by atoms with Crippen molar-refractivity contribution >= 4 is 17.1 Å². The highest BCUT2D eigenvalue weighted by Crippen LogP contribution is 2.34. The van der Waals surface area contributed by atoms with E-state index in [-0.39, 0.29) is 17.6 Å². The summed E-state index contributed by atoms with van der Waals surface area (Å²) in [6.07, 6.45) is 4.88. The maximum absolute atomic E-state index is 12.8. The number of aryl methyl sites for hydroxylation is 1. The zero-order valence-corrected chi connectivity index (χ0v) is 21.7. The monoisotopic (exact) mass is 528 g/mol. The molecule has 36 heavy (non-hydrogen) atoms. The number of alkyl halides is 3. The van der Waals surface area contributed by atoms with Crippen molar-refractivity contribution in [2.75, 3.05) is 26.2 Å². The number of halogens is 3. The summed E-state index contributed by atoms with van der Waals surface area (Å²) >= 11 is 1.25. The van der Waals surface area contributed by atoms with E-state index in [1.807, 2.05) is 7.05 Å². The minimum atomic E-state index is -4.39. The Balaban J connectivity index is 1.12. The molecule has 11 heteroatoms. The molecule has 0 spiro atoms. The predicted molar refractivity (Wildman–Crippen MR) is 130 cm³/mol. The molecule has 0 bridgehead atoms. The average Bonchev–Trinajstić information content (AvgIpc) is 3.37. The van der Waals surface area contributed by atoms with E-state index in [1.165, 1.54) is 11.3 Å². The summed E-state index contributed by atoms with van der Waals surface area (Å²) in [5.41, 5.74) is 0.879. The largest absolute Gasteiger partial charge is 0.483 e. The Kier molecular flexibility index (Phi) is 8.92. The minimum Gasteiger partial charge on any atom is -0.483 e. The molecule has 4 rings (SSSR count). The van der Waals surface area contributed by atoms with E-state index in [0.29, 0.717) is 24.0 Å². The summed E-state index contributed by atoms with van der Waals surface area (Å²) in [6.45, 7) is 3.90. The molecule has 1 aliphatic heterocycles. The van der Waals surface area contributed by atoms with Crippen molar-refractivity contribution in [3.05, 3.63) is 23.0 Å². The zero-order valence-electron chi connectivity index (χ0n) is 20.9. The molecule has 1 atom stereocenters. The molecule has 0 amide bonds. The highest BCUT2D eigenvalue weighted by Gasteiger charge is 2.39. The van der Waals surface area contributed by atoms with Crippen LogP contribution >= 0.6 is 11.3 Å². The molecule has 2 aromatic rings. The number of fused-ring (bicyclic) bond motifs is 1. The number of thiazole rings is 1. The van der Waals surface area contributed by atoms with E-state index < -0.39 is 12.3 Å². The summed E-state index contributed by atoms with van der Waals surface area (Å²) < 4.78 is 50.5. The van der Waals surface area contributed by atoms with Crippen LogP contribution in [0, 0.1) is 11.8 Å². The van der Waals surface area contributed by atoms with E-state index >= 15 is 0 Å². The van der Waals surface area contributed by atoms with Crippen LogP contribution in [0.2, 0.25) is 0 Å². The topological polar surface area (TPSA) is 69.5 Å². The van der Waals surface area contributed by atoms with E-state index in [2.05, 4.69) is 15.0 Å². The van der Waals surface area contributed by atoms with Crippen LogP contribution in [0.25, 0.3) is 0 Å². The zero-order chi connectivity index (χ0) is 25.7. The molecule has 3 heterocycles. The first-order valence-corrected chi connectivity index (χ1v) is 13.5. The molecule has 2 aliphatic rings. The standard InChI is InChI=1S/C25H35F3N4O3S/c1-17(25(26,27)28)35-24-30-22-8-11-32(12-9-23(22)36-24)10-7-18-3-5-19(6-4-18)13-20(33)16-34-21-14-29-31(2)15-21/h14-15,17-19H,3-13,16H2,1-2H3. The Morgan fingerprint density at radius 3 is 2.61 bits per heavy atom. The van der Waals surface area contributed by atoms with Crippen LogP contribution in [0.3, 0.4) is 0 Å². The first-order chi connectivity index (χ1) is 17.2. The van der Waals surface area contributed by atoms with Crippen LogP contribution < -0.4 is 9.47 Å². The molecule has 0 aromatic carbocycles. The number of nitrogens with zero attached hydrogens (tertiary/aromatic N) is 4. The molecule has 1 unspecified atom stereocenters. The molecule has 0 radical (unpaired) electrons. The number of rotatable bonds is 10. The smallest absolute Gasteiger partial charge is 0.425 e. The van der Waals surface area contributed by atoms with Gasteiger partial charge in [-0.05, 0) is 51.0 Å². The highest BCUT2D eigenvalue weighted by molar-refractivity contribution is 7.13. The number of ketones is 1. The number of carbonyl (C=O) groups is 1. The Bertz CT molecular complexity index is 976. The number of ether oxygens (including phenoxy) is 2. The fourth-order valence-electron chi connectivity index (χ4n) is 4.99. The molecule has 2 aromatic heterocycles. The van der Waals surface area contributed by atoms with E-state index in [1.54, 1.807) is 17.1 Å². The third kappa shape index (κ3) is 7.68. The van der Waals surface area contributed by atoms with Gasteiger partial charge in [-0.2, -0.15) is 18.3 Å². The number of hydrogen-bond acceptors (Lipinski definition) is 7. The summed E-state index contributed by atoms with van der Waals surface area (Å²) in [6, 6.07) is 0. The molecule has 0 N–H and O–H groups in total. The lowest BCUT2D eigenvalue weighted by atomic mass is 9.78. The van der Waals surface area contributed by atoms with Crippen molar-refractivity contribution in [1.82, 2.24) is 19.7 Å². The summed E-state index contributed by atoms with van der Waals surface area (Å²) in [5.74, 6) is 1.90. The Hall–Kier alpha value is -2.14. The number of hydrogen-bond donors (Lipinski definition) is 0. The van der Waals surface area contributed by atoms with Crippen molar-refractivity contribution in [1.29, 1.82) is 0 Å². The van der Waals surface area contributed by atoms with Crippen LogP contribution in [0.15, 0.2) is 12.4 Å². The van der Waals surface area contributed by atoms with E-state index in [4.69, 9.17) is 9.47 Å². The van der Waals surface area contributed by atoms with Gasteiger partial charge in [0.1, 0.15) is 6.61 Å². The van der Waals surface area contributed by atoms with Gasteiger partial charge < -0.3 is 14.4 Å². The summed E-state index contributed by atoms with van der Waals surface area (Å²) in [5, 5.41) is 4.16. The highest BCUT2D eigenvalue weighted by atomic mass is 32.1. The van der Waals surface area contributed by atoms with Crippen molar-refractivity contribution in [3.8, 4) is 10.9 Å². The van der Waals surface area contributed by atoms with Gasteiger partial charge >= 0.3 is 6.18 Å². The van der Waals surface area contributed by atoms with Crippen LogP contribution in [0.4, 0.5) is 13.2 Å². The van der Waals surface area contributed by atoms with Crippen molar-refractivity contribution < 1.29 is 27.4 Å². The van der Waals surface area contributed by atoms with E-state index in [9.17, 15) is 18.0 Å². The van der Waals surface area contributed by atoms with Crippen molar-refractivity contribution in [3.63, 3.8) is 0 Å². The Morgan fingerprint density at radius 2 is 1.92 bits per heavy atom. The van der Waals surface area contributed by atoms with Crippen LogP contribution in [0.5, 0.6) is 10.9 Å². The van der Waals surface area contributed by atoms with Gasteiger partial charge in [-0.25, -0.2) is 4.98 Å². The van der Waals surface area contributed by atoms with Gasteiger partial charge in [-0.1, -0.05) is 24.2 Å². The van der Waals surface area contributed by atoms with Crippen LogP contribution in [0.1, 0.15) is 56.0 Å². The first kappa shape index (κ1) is 26.9. The second-order valence-electron chi connectivity index (χ2n) is 10.0. The third-order valence-corrected chi connectivity index (χ3v) is 8.28. The van der Waals surface area contributed by atoms with Gasteiger partial charge in [0.15, 0.2) is 17.6 Å². The second kappa shape index (κ2) is 11.9. The average molecular weight is 529 g/mol. The lowest BCUT2D eigenvalue weighted by Gasteiger charge is -2.30. The third-order valence-electron chi connectivity index (χ3n) is 7.23. The second-order valence-corrected chi connectivity index (χ2v) is 11.1. The summed E-state index contributed by atoms with van der Waals surface area (Å²) in [7, 11) is 1.81. The van der Waals surface area contributed by atoms with Crippen LogP contribution in [-0.2, 0) is 24.7 Å². The fraction of sp³-hybridized carbons (Fsp3) is 0.720. The number of carbonyl (C=O) groups excluding carboxylic acids is 1. The minimum absolute atomic E-state index is 0.107. The van der Waals surface area contributed by atoms with Crippen molar-refractivity contribution in [2.45, 2.75) is 70.6 Å². The van der Waals surface area contributed by atoms with Gasteiger partial charge in [0.25, 0.3) is 5.19 Å².